The molecular formula is C22H25ClN4O4. The third kappa shape index (κ3) is 6.89. The Bertz CT molecular complexity index is 927. The molecule has 3 N–H and O–H groups in total. The maximum Gasteiger partial charge on any atom is 0.258 e. The largest absolute Gasteiger partial charge is 0.484 e. The number of halogens is 1. The molecule has 1 aliphatic heterocycles. The highest BCUT2D eigenvalue weighted by Gasteiger charge is 2.21. The minimum Gasteiger partial charge on any atom is -0.484 e. The van der Waals surface area contributed by atoms with Gasteiger partial charge in [-0.3, -0.25) is 14.4 Å². The van der Waals surface area contributed by atoms with Crippen molar-refractivity contribution < 1.29 is 19.1 Å². The van der Waals surface area contributed by atoms with Gasteiger partial charge < -0.3 is 25.6 Å². The standard InChI is InChI=1S/C22H25ClN4O4/c23-17-2-1-3-18(13-17)26-8-10-27(11-9-26)22(30)14-25-21(29)15-31-19-6-4-16(5-7-19)12-20(24)28/h1-7,13H,8-12,14-15H2,(H2,24,28)(H,25,29). The molecule has 0 unspecified atom stereocenters. The van der Waals surface area contributed by atoms with Crippen LogP contribution in [0.1, 0.15) is 5.56 Å². The van der Waals surface area contributed by atoms with Crippen molar-refractivity contribution in [3.63, 3.8) is 0 Å². The Morgan fingerprint density at radius 3 is 2.39 bits per heavy atom. The topological polar surface area (TPSA) is 105 Å². The molecular weight excluding hydrogens is 420 g/mol. The lowest BCUT2D eigenvalue weighted by molar-refractivity contribution is -0.133. The molecule has 8 nitrogen and oxygen atoms in total. The summed E-state index contributed by atoms with van der Waals surface area (Å²) in [5, 5.41) is 3.27. The second kappa shape index (κ2) is 10.7. The zero-order valence-electron chi connectivity index (χ0n) is 17.1. The lowest BCUT2D eigenvalue weighted by Gasteiger charge is -2.36. The smallest absolute Gasteiger partial charge is 0.258 e. The van der Waals surface area contributed by atoms with E-state index in [1.807, 2.05) is 24.3 Å². The first-order chi connectivity index (χ1) is 14.9. The second-order valence-corrected chi connectivity index (χ2v) is 7.64. The van der Waals surface area contributed by atoms with E-state index in [0.717, 1.165) is 11.3 Å². The van der Waals surface area contributed by atoms with Crippen LogP contribution in [0.15, 0.2) is 48.5 Å². The minimum atomic E-state index is -0.413. The van der Waals surface area contributed by atoms with Crippen LogP contribution in [0.3, 0.4) is 0 Å². The number of rotatable bonds is 8. The molecule has 3 amide bonds. The summed E-state index contributed by atoms with van der Waals surface area (Å²) in [6, 6.07) is 14.4. The van der Waals surface area contributed by atoms with E-state index in [2.05, 4.69) is 10.2 Å². The fourth-order valence-corrected chi connectivity index (χ4v) is 3.46. The van der Waals surface area contributed by atoms with Gasteiger partial charge in [-0.1, -0.05) is 29.8 Å². The van der Waals surface area contributed by atoms with E-state index >= 15 is 0 Å². The van der Waals surface area contributed by atoms with Gasteiger partial charge in [0.2, 0.25) is 11.8 Å². The number of primary amides is 1. The third-order valence-corrected chi connectivity index (χ3v) is 5.15. The Kier molecular flexibility index (Phi) is 7.72. The summed E-state index contributed by atoms with van der Waals surface area (Å²) in [7, 11) is 0. The monoisotopic (exact) mass is 444 g/mol. The number of carbonyl (C=O) groups excluding carboxylic acids is 3. The van der Waals surface area contributed by atoms with Crippen LogP contribution in [0, 0.1) is 0 Å². The summed E-state index contributed by atoms with van der Waals surface area (Å²) in [6.45, 7) is 2.29. The molecule has 0 aliphatic carbocycles. The van der Waals surface area contributed by atoms with Gasteiger partial charge in [0.25, 0.3) is 5.91 Å². The van der Waals surface area contributed by atoms with Gasteiger partial charge in [0.1, 0.15) is 5.75 Å². The number of ether oxygens (including phenoxy) is 1. The Morgan fingerprint density at radius 2 is 1.74 bits per heavy atom. The Balaban J connectivity index is 1.36. The van der Waals surface area contributed by atoms with E-state index in [-0.39, 0.29) is 31.4 Å². The zero-order valence-corrected chi connectivity index (χ0v) is 17.8. The van der Waals surface area contributed by atoms with Crippen LogP contribution < -0.4 is 20.7 Å². The lowest BCUT2D eigenvalue weighted by atomic mass is 10.1. The Morgan fingerprint density at radius 1 is 1.03 bits per heavy atom. The highest BCUT2D eigenvalue weighted by molar-refractivity contribution is 6.30. The average Bonchev–Trinajstić information content (AvgIpc) is 2.76. The van der Waals surface area contributed by atoms with E-state index in [0.29, 0.717) is 37.0 Å². The number of hydrogen-bond acceptors (Lipinski definition) is 5. The van der Waals surface area contributed by atoms with Crippen LogP contribution in [0.4, 0.5) is 5.69 Å². The van der Waals surface area contributed by atoms with Gasteiger partial charge in [0, 0.05) is 36.9 Å². The van der Waals surface area contributed by atoms with Gasteiger partial charge in [-0.15, -0.1) is 0 Å². The number of benzene rings is 2. The number of nitrogens with zero attached hydrogens (tertiary/aromatic N) is 2. The Labute approximate surface area is 185 Å². The minimum absolute atomic E-state index is 0.0725. The molecule has 0 spiro atoms. The number of carbonyl (C=O) groups is 3. The van der Waals surface area contributed by atoms with Gasteiger partial charge in [0.05, 0.1) is 13.0 Å². The number of anilines is 1. The molecule has 1 heterocycles. The first kappa shape index (κ1) is 22.4. The molecule has 9 heteroatoms. The first-order valence-electron chi connectivity index (χ1n) is 9.96. The van der Waals surface area contributed by atoms with Crippen LogP contribution in [0.5, 0.6) is 5.75 Å². The fraction of sp³-hybridized carbons (Fsp3) is 0.318. The molecule has 1 fully saturated rings. The summed E-state index contributed by atoms with van der Waals surface area (Å²) < 4.78 is 5.41. The number of hydrogen-bond donors (Lipinski definition) is 2. The molecule has 164 valence electrons. The normalized spacial score (nSPS) is 13.6. The molecule has 3 rings (SSSR count). The molecule has 0 saturated carbocycles. The van der Waals surface area contributed by atoms with Crippen LogP contribution >= 0.6 is 11.6 Å². The van der Waals surface area contributed by atoms with Gasteiger partial charge in [0.15, 0.2) is 6.61 Å². The summed E-state index contributed by atoms with van der Waals surface area (Å²) in [5.41, 5.74) is 6.95. The SMILES string of the molecule is NC(=O)Cc1ccc(OCC(=O)NCC(=O)N2CCN(c3cccc(Cl)c3)CC2)cc1. The van der Waals surface area contributed by atoms with Crippen LogP contribution in [-0.4, -0.2) is 62.0 Å². The predicted molar refractivity (Wildman–Crippen MR) is 118 cm³/mol. The maximum atomic E-state index is 12.4. The second-order valence-electron chi connectivity index (χ2n) is 7.20. The lowest BCUT2D eigenvalue weighted by Crippen LogP contribution is -2.51. The summed E-state index contributed by atoms with van der Waals surface area (Å²) in [6.07, 6.45) is 0.149. The van der Waals surface area contributed by atoms with Crippen LogP contribution in [0.25, 0.3) is 0 Å². The maximum absolute atomic E-state index is 12.4. The Hall–Kier alpha value is -3.26. The van der Waals surface area contributed by atoms with Crippen molar-refractivity contribution in [3.05, 3.63) is 59.1 Å². The number of nitrogens with two attached hydrogens (primary N) is 1. The van der Waals surface area contributed by atoms with Crippen molar-refractivity contribution in [1.82, 2.24) is 10.2 Å². The van der Waals surface area contributed by atoms with Crippen molar-refractivity contribution in [3.8, 4) is 5.75 Å². The molecule has 0 radical (unpaired) electrons. The van der Waals surface area contributed by atoms with Gasteiger partial charge in [-0.05, 0) is 35.9 Å². The highest BCUT2D eigenvalue weighted by atomic mass is 35.5. The van der Waals surface area contributed by atoms with Crippen LogP contribution in [0.2, 0.25) is 5.02 Å². The van der Waals surface area contributed by atoms with E-state index in [4.69, 9.17) is 22.1 Å². The molecule has 31 heavy (non-hydrogen) atoms. The predicted octanol–water partition coefficient (Wildman–Crippen LogP) is 1.21. The summed E-state index contributed by atoms with van der Waals surface area (Å²) in [5.74, 6) is -0.433. The van der Waals surface area contributed by atoms with Crippen LogP contribution in [-0.2, 0) is 20.8 Å². The zero-order chi connectivity index (χ0) is 22.2. The number of amides is 3. The van der Waals surface area contributed by atoms with E-state index in [1.165, 1.54) is 0 Å². The number of nitrogens with one attached hydrogen (secondary N) is 1. The summed E-state index contributed by atoms with van der Waals surface area (Å²) in [4.78, 5) is 39.2. The van der Waals surface area contributed by atoms with Gasteiger partial charge in [-0.2, -0.15) is 0 Å². The molecule has 2 aromatic rings. The highest BCUT2D eigenvalue weighted by Crippen LogP contribution is 2.20. The van der Waals surface area contributed by atoms with Crippen molar-refractivity contribution >= 4 is 35.0 Å². The third-order valence-electron chi connectivity index (χ3n) is 4.91. The van der Waals surface area contributed by atoms with Crippen molar-refractivity contribution in [2.24, 2.45) is 5.73 Å². The van der Waals surface area contributed by atoms with Crippen molar-refractivity contribution in [2.45, 2.75) is 6.42 Å². The molecule has 0 bridgehead atoms. The molecule has 0 atom stereocenters. The molecule has 2 aromatic carbocycles. The first-order valence-corrected chi connectivity index (χ1v) is 10.3. The fourth-order valence-electron chi connectivity index (χ4n) is 3.28. The molecule has 0 aromatic heterocycles. The average molecular weight is 445 g/mol. The summed E-state index contributed by atoms with van der Waals surface area (Å²) >= 11 is 6.05. The molecule has 1 saturated heterocycles. The van der Waals surface area contributed by atoms with E-state index < -0.39 is 5.91 Å². The van der Waals surface area contributed by atoms with E-state index in [9.17, 15) is 14.4 Å². The van der Waals surface area contributed by atoms with Gasteiger partial charge >= 0.3 is 0 Å². The van der Waals surface area contributed by atoms with Crippen molar-refractivity contribution in [1.29, 1.82) is 0 Å². The quantitative estimate of drug-likeness (QED) is 0.636. The van der Waals surface area contributed by atoms with Gasteiger partial charge in [-0.25, -0.2) is 0 Å². The molecule has 1 aliphatic rings. The van der Waals surface area contributed by atoms with E-state index in [1.54, 1.807) is 29.2 Å². The van der Waals surface area contributed by atoms with Crippen molar-refractivity contribution in [2.75, 3.05) is 44.2 Å². The number of piperazine rings is 1.